The zero-order valence-corrected chi connectivity index (χ0v) is 7.51. The number of Topliss-reactive ketones (excluding diaryl/α,β-unsaturated/α-hetero) is 1. The van der Waals surface area contributed by atoms with Crippen LogP contribution >= 0.6 is 0 Å². The molecule has 0 saturated heterocycles. The van der Waals surface area contributed by atoms with E-state index in [-0.39, 0.29) is 5.56 Å². The molecule has 0 radical (unpaired) electrons. The predicted molar refractivity (Wildman–Crippen MR) is 49.1 cm³/mol. The maximum atomic E-state index is 11.2. The summed E-state index contributed by atoms with van der Waals surface area (Å²) in [5, 5.41) is 22.7. The molecule has 0 aliphatic heterocycles. The molecule has 0 saturated carbocycles. The molecule has 0 aliphatic rings. The lowest BCUT2D eigenvalue weighted by Gasteiger charge is -2.01. The molecule has 2 N–H and O–H groups in total. The Bertz CT molecular complexity index is 430. The third-order valence-corrected chi connectivity index (χ3v) is 1.73. The lowest BCUT2D eigenvalue weighted by Crippen LogP contribution is -2.04. The largest absolute Gasteiger partial charge is 0.502 e. The second-order valence-electron chi connectivity index (χ2n) is 2.67. The van der Waals surface area contributed by atoms with Crippen LogP contribution in [0.25, 0.3) is 0 Å². The zero-order valence-electron chi connectivity index (χ0n) is 7.51. The Kier molecular flexibility index (Phi) is 3.06. The first-order chi connectivity index (χ1) is 7.07. The van der Waals surface area contributed by atoms with E-state index >= 15 is 0 Å². The molecule has 0 fully saturated rings. The van der Waals surface area contributed by atoms with Gasteiger partial charge in [0.05, 0.1) is 10.5 Å². The number of aromatic hydroxyl groups is 1. The van der Waals surface area contributed by atoms with E-state index in [2.05, 4.69) is 5.11 Å². The predicted octanol–water partition coefficient (Wildman–Crippen LogP) is 1.51. The maximum absolute atomic E-state index is 11.2. The number of rotatable bonds is 4. The van der Waals surface area contributed by atoms with Gasteiger partial charge in [0, 0.05) is 6.07 Å². The summed E-state index contributed by atoms with van der Waals surface area (Å²) >= 11 is 0. The van der Waals surface area contributed by atoms with Gasteiger partial charge in [-0.15, -0.1) is 0 Å². The number of hydrogen-bond donors (Lipinski definition) is 2. The Morgan fingerprint density at radius 2 is 2.27 bits per heavy atom. The van der Waals surface area contributed by atoms with Crippen LogP contribution in [0.1, 0.15) is 10.4 Å². The summed E-state index contributed by atoms with van der Waals surface area (Å²) < 4.78 is 0. The Morgan fingerprint density at radius 1 is 1.60 bits per heavy atom. The van der Waals surface area contributed by atoms with Crippen molar-refractivity contribution in [2.45, 2.75) is 0 Å². The molecule has 7 heteroatoms. The lowest BCUT2D eigenvalue weighted by molar-refractivity contribution is -0.385. The summed E-state index contributed by atoms with van der Waals surface area (Å²) in [6.45, 7) is -0.436. The number of phenols is 1. The van der Waals surface area contributed by atoms with E-state index in [4.69, 9.17) is 5.53 Å². The second-order valence-corrected chi connectivity index (χ2v) is 2.67. The minimum atomic E-state index is -0.788. The highest BCUT2D eigenvalue weighted by Gasteiger charge is 2.20. The third-order valence-electron chi connectivity index (χ3n) is 1.73. The quantitative estimate of drug-likeness (QED) is 0.338. The molecular weight excluding hydrogens is 202 g/mol. The van der Waals surface area contributed by atoms with Crippen LogP contribution in [0.2, 0.25) is 0 Å². The smallest absolute Gasteiger partial charge is 0.311 e. The highest BCUT2D eigenvalue weighted by molar-refractivity contribution is 6.01. The van der Waals surface area contributed by atoms with Gasteiger partial charge in [-0.2, -0.15) is 5.11 Å². The molecule has 0 unspecified atom stereocenters. The van der Waals surface area contributed by atoms with Crippen molar-refractivity contribution in [2.75, 3.05) is 6.54 Å². The van der Waals surface area contributed by atoms with Gasteiger partial charge in [-0.05, 0) is 6.07 Å². The average Bonchev–Trinajstić information content (AvgIpc) is 2.17. The summed E-state index contributed by atoms with van der Waals surface area (Å²) in [7, 11) is 0. The highest BCUT2D eigenvalue weighted by Crippen LogP contribution is 2.29. The maximum Gasteiger partial charge on any atom is 0.311 e. The van der Waals surface area contributed by atoms with Crippen molar-refractivity contribution in [3.63, 3.8) is 0 Å². The summed E-state index contributed by atoms with van der Waals surface area (Å²) in [6, 6.07) is 3.62. The molecule has 0 amide bonds. The number of phenolic OH excluding ortho intramolecular Hbond substituents is 1. The van der Waals surface area contributed by atoms with Crippen molar-refractivity contribution in [3.05, 3.63) is 33.9 Å². The highest BCUT2D eigenvalue weighted by atomic mass is 16.6. The normalized spacial score (nSPS) is 9.60. The molecule has 78 valence electrons. The first-order valence-electron chi connectivity index (χ1n) is 3.90. The molecule has 1 aromatic rings. The van der Waals surface area contributed by atoms with Crippen molar-refractivity contribution in [1.82, 2.24) is 0 Å². The molecule has 0 aromatic heterocycles. The minimum Gasteiger partial charge on any atom is -0.502 e. The Labute approximate surface area is 84.0 Å². The van der Waals surface area contributed by atoms with Crippen LogP contribution in [0.4, 0.5) is 5.69 Å². The molecule has 1 rings (SSSR count). The van der Waals surface area contributed by atoms with Crippen LogP contribution in [-0.2, 0) is 0 Å². The van der Waals surface area contributed by atoms with Gasteiger partial charge in [0.1, 0.15) is 6.54 Å². The van der Waals surface area contributed by atoms with Crippen LogP contribution in [0.15, 0.2) is 23.3 Å². The topological polar surface area (TPSA) is 117 Å². The number of nitrogens with zero attached hydrogens (tertiary/aromatic N) is 2. The second kappa shape index (κ2) is 4.27. The van der Waals surface area contributed by atoms with E-state index in [1.807, 2.05) is 0 Å². The Hall–Kier alpha value is -2.31. The number of benzene rings is 1. The fraction of sp³-hybridized carbons (Fsp3) is 0.125. The zero-order chi connectivity index (χ0) is 11.4. The summed E-state index contributed by atoms with van der Waals surface area (Å²) in [5.74, 6) is -1.32. The van der Waals surface area contributed by atoms with Crippen LogP contribution in [0.5, 0.6) is 5.75 Å². The molecule has 0 heterocycles. The van der Waals surface area contributed by atoms with Gasteiger partial charge >= 0.3 is 5.69 Å². The summed E-state index contributed by atoms with van der Waals surface area (Å²) in [5.41, 5.74) is 5.75. The molecular formula is C8H7N3O4. The van der Waals surface area contributed by atoms with Gasteiger partial charge in [0.15, 0.2) is 5.78 Å². The van der Waals surface area contributed by atoms with Gasteiger partial charge in [0.25, 0.3) is 0 Å². The van der Waals surface area contributed by atoms with Gasteiger partial charge < -0.3 is 5.11 Å². The van der Waals surface area contributed by atoms with E-state index in [1.165, 1.54) is 12.1 Å². The van der Waals surface area contributed by atoms with Gasteiger partial charge in [0.2, 0.25) is 5.75 Å². The van der Waals surface area contributed by atoms with Crippen molar-refractivity contribution in [2.24, 2.45) is 5.11 Å². The number of nitro groups is 1. The van der Waals surface area contributed by atoms with E-state index < -0.39 is 28.7 Å². The lowest BCUT2D eigenvalue weighted by atomic mass is 10.1. The van der Waals surface area contributed by atoms with Crippen LogP contribution < -0.4 is 0 Å². The SMILES string of the molecule is N=NCC(=O)c1cccc([N+](=O)[O-])c1O. The molecule has 1 aromatic carbocycles. The van der Waals surface area contributed by atoms with Gasteiger partial charge in [-0.25, -0.2) is 5.53 Å². The number of ketones is 1. The Morgan fingerprint density at radius 3 is 2.80 bits per heavy atom. The molecule has 0 bridgehead atoms. The van der Waals surface area contributed by atoms with Crippen molar-refractivity contribution in [1.29, 1.82) is 5.53 Å². The number of nitrogens with one attached hydrogen (secondary N) is 1. The van der Waals surface area contributed by atoms with Gasteiger partial charge in [-0.1, -0.05) is 6.07 Å². The van der Waals surface area contributed by atoms with E-state index in [1.54, 1.807) is 0 Å². The first kappa shape index (κ1) is 10.8. The first-order valence-corrected chi connectivity index (χ1v) is 3.90. The average molecular weight is 209 g/mol. The summed E-state index contributed by atoms with van der Waals surface area (Å²) in [4.78, 5) is 20.9. The molecule has 7 nitrogen and oxygen atoms in total. The standard InChI is InChI=1S/C8H7N3O4/c9-10-4-7(12)5-2-1-3-6(8(5)13)11(14)15/h1-3,9,13H,4H2. The fourth-order valence-electron chi connectivity index (χ4n) is 1.06. The monoisotopic (exact) mass is 209 g/mol. The van der Waals surface area contributed by atoms with Crippen molar-refractivity contribution < 1.29 is 14.8 Å². The van der Waals surface area contributed by atoms with Crippen LogP contribution in [-0.4, -0.2) is 22.4 Å². The van der Waals surface area contributed by atoms with Gasteiger partial charge in [-0.3, -0.25) is 14.9 Å². The number of para-hydroxylation sites is 1. The number of carbonyl (C=O) groups excluding carboxylic acids is 1. The van der Waals surface area contributed by atoms with E-state index in [0.29, 0.717) is 0 Å². The fourth-order valence-corrected chi connectivity index (χ4v) is 1.06. The number of nitro benzene ring substituents is 1. The van der Waals surface area contributed by atoms with Crippen molar-refractivity contribution in [3.8, 4) is 5.75 Å². The van der Waals surface area contributed by atoms with Crippen LogP contribution in [0.3, 0.4) is 0 Å². The van der Waals surface area contributed by atoms with E-state index in [0.717, 1.165) is 6.07 Å². The molecule has 15 heavy (non-hydrogen) atoms. The third kappa shape index (κ3) is 2.13. The molecule has 0 aliphatic carbocycles. The van der Waals surface area contributed by atoms with Crippen molar-refractivity contribution >= 4 is 11.5 Å². The minimum absolute atomic E-state index is 0.194. The number of hydrogen-bond acceptors (Lipinski definition) is 6. The van der Waals surface area contributed by atoms with E-state index in [9.17, 15) is 20.0 Å². The molecule has 0 spiro atoms. The number of carbonyl (C=O) groups is 1. The van der Waals surface area contributed by atoms with Crippen LogP contribution in [0, 0.1) is 15.6 Å². The summed E-state index contributed by atoms with van der Waals surface area (Å²) in [6.07, 6.45) is 0. The molecule has 0 atom stereocenters. The Balaban J connectivity index is 3.20.